The molecule has 8 nitrogen and oxygen atoms in total. The Labute approximate surface area is 225 Å². The fourth-order valence-electron chi connectivity index (χ4n) is 4.22. The predicted molar refractivity (Wildman–Crippen MR) is 149 cm³/mol. The lowest BCUT2D eigenvalue weighted by atomic mass is 10.1. The van der Waals surface area contributed by atoms with Crippen molar-refractivity contribution >= 4 is 46.2 Å². The van der Waals surface area contributed by atoms with Crippen LogP contribution in [0.4, 0.5) is 15.9 Å². The summed E-state index contributed by atoms with van der Waals surface area (Å²) in [5.74, 6) is 1.20. The topological polar surface area (TPSA) is 89.7 Å². The average Bonchev–Trinajstić information content (AvgIpc) is 3.46. The molecule has 194 valence electrons. The minimum absolute atomic E-state index is 0.206. The highest BCUT2D eigenvalue weighted by molar-refractivity contribution is 6.32. The van der Waals surface area contributed by atoms with Crippen molar-refractivity contribution in [3.05, 3.63) is 89.0 Å². The van der Waals surface area contributed by atoms with Crippen LogP contribution in [0.5, 0.6) is 5.75 Å². The van der Waals surface area contributed by atoms with Gasteiger partial charge in [0.15, 0.2) is 0 Å². The van der Waals surface area contributed by atoms with Crippen LogP contribution >= 0.6 is 11.6 Å². The molecule has 2 heterocycles. The second-order valence-electron chi connectivity index (χ2n) is 8.97. The molecule has 5 rings (SSSR count). The van der Waals surface area contributed by atoms with E-state index >= 15 is 0 Å². The van der Waals surface area contributed by atoms with Crippen LogP contribution in [-0.2, 0) is 6.61 Å². The molecule has 0 saturated carbocycles. The predicted octanol–water partition coefficient (Wildman–Crippen LogP) is 6.04. The SMILES string of the molecule is CN(N=Cc1ccc2ncnc(Nc3ccc(OCc4cccc(F)c4)c(Cl)c3)c2c1)C(=N)N1CCCC1. The van der Waals surface area contributed by atoms with Crippen LogP contribution in [0.2, 0.25) is 5.02 Å². The van der Waals surface area contributed by atoms with Crippen molar-refractivity contribution in [3.63, 3.8) is 0 Å². The highest BCUT2D eigenvalue weighted by Gasteiger charge is 2.17. The summed E-state index contributed by atoms with van der Waals surface area (Å²) >= 11 is 6.47. The average molecular weight is 532 g/mol. The Hall–Kier alpha value is -4.24. The van der Waals surface area contributed by atoms with Crippen LogP contribution in [0.3, 0.4) is 0 Å². The van der Waals surface area contributed by atoms with Gasteiger partial charge in [0, 0.05) is 31.2 Å². The lowest BCUT2D eigenvalue weighted by molar-refractivity contribution is 0.306. The van der Waals surface area contributed by atoms with Crippen LogP contribution in [0.25, 0.3) is 10.9 Å². The second kappa shape index (κ2) is 11.4. The van der Waals surface area contributed by atoms with E-state index in [1.165, 1.54) is 18.5 Å². The zero-order chi connectivity index (χ0) is 26.5. The van der Waals surface area contributed by atoms with Crippen LogP contribution in [0.1, 0.15) is 24.0 Å². The van der Waals surface area contributed by atoms with E-state index in [-0.39, 0.29) is 12.4 Å². The molecule has 0 unspecified atom stereocenters. The van der Waals surface area contributed by atoms with Crippen LogP contribution in [-0.4, -0.2) is 52.2 Å². The number of rotatable bonds is 7. The Morgan fingerprint density at radius 3 is 2.79 bits per heavy atom. The van der Waals surface area contributed by atoms with Gasteiger partial charge < -0.3 is 15.0 Å². The van der Waals surface area contributed by atoms with Gasteiger partial charge in [0.25, 0.3) is 0 Å². The van der Waals surface area contributed by atoms with Crippen molar-refractivity contribution < 1.29 is 9.13 Å². The summed E-state index contributed by atoms with van der Waals surface area (Å²) < 4.78 is 19.2. The van der Waals surface area contributed by atoms with Gasteiger partial charge in [0.05, 0.1) is 16.8 Å². The quantitative estimate of drug-likeness (QED) is 0.172. The molecular formula is C28H27ClFN7O. The lowest BCUT2D eigenvalue weighted by Gasteiger charge is -2.23. The monoisotopic (exact) mass is 531 g/mol. The molecule has 0 radical (unpaired) electrons. The van der Waals surface area contributed by atoms with Crippen molar-refractivity contribution in [3.8, 4) is 5.75 Å². The molecule has 0 atom stereocenters. The number of ether oxygens (including phenoxy) is 1. The van der Waals surface area contributed by atoms with Gasteiger partial charge in [-0.25, -0.2) is 19.4 Å². The Morgan fingerprint density at radius 2 is 2.00 bits per heavy atom. The summed E-state index contributed by atoms with van der Waals surface area (Å²) in [5, 5.41) is 18.9. The summed E-state index contributed by atoms with van der Waals surface area (Å²) in [6.07, 6.45) is 5.44. The molecule has 0 amide bonds. The standard InChI is InChI=1S/C28H27ClFN7O/c1-36(28(31)37-11-2-3-12-37)34-16-19-7-9-25-23(14-19)27(33-18-32-25)35-22-8-10-26(24(29)15-22)38-17-20-5-4-6-21(30)13-20/h4-10,13-16,18,31H,2-3,11-12,17H2,1H3,(H,32,33,35). The zero-order valence-corrected chi connectivity index (χ0v) is 21.6. The third kappa shape index (κ3) is 6.00. The third-order valence-corrected chi connectivity index (χ3v) is 6.52. The van der Waals surface area contributed by atoms with Gasteiger partial charge >= 0.3 is 0 Å². The molecule has 38 heavy (non-hydrogen) atoms. The van der Waals surface area contributed by atoms with Crippen molar-refractivity contribution in [2.75, 3.05) is 25.5 Å². The van der Waals surface area contributed by atoms with E-state index in [1.807, 2.05) is 29.2 Å². The number of hydrazone groups is 1. The molecule has 1 aromatic heterocycles. The number of anilines is 2. The number of halogens is 2. The molecule has 1 aliphatic heterocycles. The third-order valence-electron chi connectivity index (χ3n) is 6.23. The van der Waals surface area contributed by atoms with Gasteiger partial charge in [-0.15, -0.1) is 0 Å². The van der Waals surface area contributed by atoms with E-state index in [9.17, 15) is 4.39 Å². The number of benzene rings is 3. The molecule has 1 aliphatic rings. The van der Waals surface area contributed by atoms with Gasteiger partial charge in [-0.3, -0.25) is 5.41 Å². The van der Waals surface area contributed by atoms with Gasteiger partial charge in [-0.05, 0) is 66.4 Å². The fraction of sp³-hybridized carbons (Fsp3) is 0.214. The highest BCUT2D eigenvalue weighted by atomic mass is 35.5. The smallest absolute Gasteiger partial charge is 0.214 e. The number of fused-ring (bicyclic) bond motifs is 1. The molecule has 3 aromatic carbocycles. The van der Waals surface area contributed by atoms with Crippen LogP contribution in [0.15, 0.2) is 72.1 Å². The van der Waals surface area contributed by atoms with E-state index in [4.69, 9.17) is 21.7 Å². The molecule has 0 bridgehead atoms. The molecule has 1 saturated heterocycles. The van der Waals surface area contributed by atoms with Gasteiger partial charge in [-0.2, -0.15) is 5.10 Å². The normalized spacial score (nSPS) is 13.3. The van der Waals surface area contributed by atoms with Gasteiger partial charge in [0.1, 0.15) is 30.3 Å². The van der Waals surface area contributed by atoms with Crippen molar-refractivity contribution in [1.82, 2.24) is 19.9 Å². The Balaban J connectivity index is 1.30. The van der Waals surface area contributed by atoms with Crippen molar-refractivity contribution in [2.45, 2.75) is 19.4 Å². The molecule has 2 N–H and O–H groups in total. The van der Waals surface area contributed by atoms with Crippen LogP contribution < -0.4 is 10.1 Å². The zero-order valence-electron chi connectivity index (χ0n) is 20.9. The number of hydrogen-bond acceptors (Lipinski definition) is 6. The summed E-state index contributed by atoms with van der Waals surface area (Å²) in [6.45, 7) is 1.99. The van der Waals surface area contributed by atoms with Gasteiger partial charge in [0.2, 0.25) is 5.96 Å². The maximum atomic E-state index is 13.4. The van der Waals surface area contributed by atoms with Crippen LogP contribution in [0, 0.1) is 11.2 Å². The number of likely N-dealkylation sites (tertiary alicyclic amines) is 1. The molecule has 0 aliphatic carbocycles. The number of guanidine groups is 1. The van der Waals surface area contributed by atoms with E-state index < -0.39 is 0 Å². The highest BCUT2D eigenvalue weighted by Crippen LogP contribution is 2.31. The second-order valence-corrected chi connectivity index (χ2v) is 9.38. The molecule has 10 heteroatoms. The van der Waals surface area contributed by atoms with E-state index in [1.54, 1.807) is 42.5 Å². The molecule has 1 fully saturated rings. The summed E-state index contributed by atoms with van der Waals surface area (Å²) in [7, 11) is 1.78. The first-order valence-electron chi connectivity index (χ1n) is 12.3. The number of hydrogen-bond donors (Lipinski definition) is 2. The number of nitrogens with one attached hydrogen (secondary N) is 2. The first-order valence-corrected chi connectivity index (χ1v) is 12.6. The van der Waals surface area contributed by atoms with Gasteiger partial charge in [-0.1, -0.05) is 29.8 Å². The summed E-state index contributed by atoms with van der Waals surface area (Å²) in [6, 6.07) is 17.4. The molecule has 4 aromatic rings. The van der Waals surface area contributed by atoms with E-state index in [0.29, 0.717) is 28.1 Å². The first kappa shape index (κ1) is 25.4. The summed E-state index contributed by atoms with van der Waals surface area (Å²) in [5.41, 5.74) is 3.08. The first-order chi connectivity index (χ1) is 18.5. The Morgan fingerprint density at radius 1 is 1.16 bits per heavy atom. The minimum Gasteiger partial charge on any atom is -0.487 e. The largest absolute Gasteiger partial charge is 0.487 e. The van der Waals surface area contributed by atoms with Crippen molar-refractivity contribution in [1.29, 1.82) is 5.41 Å². The Bertz CT molecular complexity index is 1490. The lowest BCUT2D eigenvalue weighted by Crippen LogP contribution is -2.37. The number of nitrogens with zero attached hydrogens (tertiary/aromatic N) is 5. The van der Waals surface area contributed by atoms with E-state index in [2.05, 4.69) is 20.4 Å². The Kier molecular flexibility index (Phi) is 7.65. The molecular weight excluding hydrogens is 505 g/mol. The van der Waals surface area contributed by atoms with E-state index in [0.717, 1.165) is 48.1 Å². The summed E-state index contributed by atoms with van der Waals surface area (Å²) in [4.78, 5) is 10.8. The number of aromatic nitrogens is 2. The minimum atomic E-state index is -0.308. The fourth-order valence-corrected chi connectivity index (χ4v) is 4.45. The van der Waals surface area contributed by atoms with Crippen molar-refractivity contribution in [2.24, 2.45) is 5.10 Å². The maximum absolute atomic E-state index is 13.4. The molecule has 0 spiro atoms. The maximum Gasteiger partial charge on any atom is 0.214 e.